The summed E-state index contributed by atoms with van der Waals surface area (Å²) in [7, 11) is 0. The summed E-state index contributed by atoms with van der Waals surface area (Å²) in [6, 6.07) is 0. The Balaban J connectivity index is 1.30. The predicted molar refractivity (Wildman–Crippen MR) is 126 cm³/mol. The first-order chi connectivity index (χ1) is 14.5. The molecule has 0 atom stereocenters. The van der Waals surface area contributed by atoms with Gasteiger partial charge < -0.3 is 4.74 Å². The van der Waals surface area contributed by atoms with E-state index in [-0.39, 0.29) is 5.78 Å². The smallest absolute Gasteiger partial charge is 0.193 e. The van der Waals surface area contributed by atoms with Crippen molar-refractivity contribution in [2.24, 2.45) is 35.5 Å². The minimum atomic E-state index is -0.0504. The number of hydrogen-bond acceptors (Lipinski definition) is 2. The first-order valence-corrected chi connectivity index (χ1v) is 13.1. The van der Waals surface area contributed by atoms with Gasteiger partial charge in [0.15, 0.2) is 11.5 Å². The van der Waals surface area contributed by atoms with Gasteiger partial charge in [0.25, 0.3) is 0 Å². The number of ketones is 1. The molecular formula is C28H46O2. The molecule has 2 nitrogen and oxygen atoms in total. The Labute approximate surface area is 185 Å². The van der Waals surface area contributed by atoms with E-state index in [0.717, 1.165) is 29.6 Å². The van der Waals surface area contributed by atoms with Crippen LogP contribution in [0, 0.1) is 35.5 Å². The highest BCUT2D eigenvalue weighted by Gasteiger charge is 2.30. The van der Waals surface area contributed by atoms with Gasteiger partial charge in [0, 0.05) is 6.92 Å². The largest absolute Gasteiger partial charge is 0.490 e. The number of hydrogen-bond donors (Lipinski definition) is 0. The van der Waals surface area contributed by atoms with Crippen molar-refractivity contribution in [3.8, 4) is 0 Å². The molecule has 3 rings (SSSR count). The maximum atomic E-state index is 11.2. The Bertz CT molecular complexity index is 553. The normalized spacial score (nSPS) is 35.3. The molecular weight excluding hydrogens is 368 g/mol. The standard InChI is InChI=1S/C28H46O2/c1-4-5-23-12-16-27(17-13-23)28-18-14-25(15-19-28)7-6-24-8-10-26(11-9-24)20-30-22(3)21(2)29/h6-7,23-28H,3-5,8-20H2,1-2H3. The van der Waals surface area contributed by atoms with Crippen molar-refractivity contribution in [2.45, 2.75) is 104 Å². The Kier molecular flexibility index (Phi) is 9.53. The first-order valence-electron chi connectivity index (χ1n) is 13.1. The van der Waals surface area contributed by atoms with Crippen LogP contribution in [0.4, 0.5) is 0 Å². The lowest BCUT2D eigenvalue weighted by molar-refractivity contribution is -0.117. The van der Waals surface area contributed by atoms with Crippen LogP contribution in [-0.2, 0) is 9.53 Å². The van der Waals surface area contributed by atoms with Crippen LogP contribution in [-0.4, -0.2) is 12.4 Å². The highest BCUT2D eigenvalue weighted by atomic mass is 16.5. The molecule has 0 N–H and O–H groups in total. The van der Waals surface area contributed by atoms with Crippen molar-refractivity contribution < 1.29 is 9.53 Å². The summed E-state index contributed by atoms with van der Waals surface area (Å²) >= 11 is 0. The predicted octanol–water partition coefficient (Wildman–Crippen LogP) is 7.88. The summed E-state index contributed by atoms with van der Waals surface area (Å²) in [5, 5.41) is 0. The van der Waals surface area contributed by atoms with Gasteiger partial charge in [-0.05, 0) is 99.7 Å². The average molecular weight is 415 g/mol. The summed E-state index contributed by atoms with van der Waals surface area (Å²) in [6.45, 7) is 8.23. The monoisotopic (exact) mass is 414 g/mol. The van der Waals surface area contributed by atoms with Gasteiger partial charge in [-0.2, -0.15) is 0 Å². The Hall–Kier alpha value is -1.05. The molecule has 3 saturated carbocycles. The number of Topliss-reactive ketones (excluding diaryl/α,β-unsaturated/α-hetero) is 1. The zero-order valence-electron chi connectivity index (χ0n) is 19.7. The SMILES string of the molecule is C=C(OCC1CCC(C=CC2CCC(C3CCC(CCC)CC3)CC2)CC1)C(C)=O. The molecule has 0 radical (unpaired) electrons. The van der Waals surface area contributed by atoms with E-state index in [0.29, 0.717) is 18.3 Å². The summed E-state index contributed by atoms with van der Waals surface area (Å²) in [5.74, 6) is 5.55. The van der Waals surface area contributed by atoms with E-state index in [1.54, 1.807) is 0 Å². The number of rotatable bonds is 9. The Morgan fingerprint density at radius 3 is 1.77 bits per heavy atom. The number of ether oxygens (including phenoxy) is 1. The van der Waals surface area contributed by atoms with Crippen LogP contribution in [0.25, 0.3) is 0 Å². The molecule has 0 unspecified atom stereocenters. The summed E-state index contributed by atoms with van der Waals surface area (Å²) in [6.07, 6.45) is 24.8. The molecule has 2 heteroatoms. The molecule has 0 bridgehead atoms. The van der Waals surface area contributed by atoms with E-state index in [2.05, 4.69) is 25.7 Å². The molecule has 0 aromatic heterocycles. The minimum Gasteiger partial charge on any atom is -0.490 e. The van der Waals surface area contributed by atoms with Crippen molar-refractivity contribution in [1.29, 1.82) is 0 Å². The molecule has 0 spiro atoms. The van der Waals surface area contributed by atoms with E-state index in [1.807, 2.05) is 0 Å². The van der Waals surface area contributed by atoms with Crippen LogP contribution >= 0.6 is 0 Å². The topological polar surface area (TPSA) is 26.3 Å². The fourth-order valence-corrected chi connectivity index (χ4v) is 6.35. The zero-order chi connectivity index (χ0) is 21.3. The molecule has 3 aliphatic carbocycles. The van der Waals surface area contributed by atoms with E-state index in [9.17, 15) is 4.79 Å². The molecule has 0 aromatic carbocycles. The van der Waals surface area contributed by atoms with Gasteiger partial charge in [0.05, 0.1) is 6.61 Å². The van der Waals surface area contributed by atoms with E-state index in [4.69, 9.17) is 4.74 Å². The highest BCUT2D eigenvalue weighted by Crippen LogP contribution is 2.42. The second kappa shape index (κ2) is 12.1. The molecule has 170 valence electrons. The van der Waals surface area contributed by atoms with Gasteiger partial charge in [-0.25, -0.2) is 0 Å². The zero-order valence-corrected chi connectivity index (χ0v) is 19.7. The van der Waals surface area contributed by atoms with Crippen molar-refractivity contribution >= 4 is 5.78 Å². The molecule has 3 fully saturated rings. The lowest BCUT2D eigenvalue weighted by Gasteiger charge is -2.37. The minimum absolute atomic E-state index is 0.0504. The maximum Gasteiger partial charge on any atom is 0.193 e. The van der Waals surface area contributed by atoms with E-state index >= 15 is 0 Å². The van der Waals surface area contributed by atoms with Crippen molar-refractivity contribution in [3.63, 3.8) is 0 Å². The lowest BCUT2D eigenvalue weighted by Crippen LogP contribution is -2.25. The van der Waals surface area contributed by atoms with Crippen molar-refractivity contribution in [3.05, 3.63) is 24.5 Å². The number of allylic oxidation sites excluding steroid dienone is 3. The van der Waals surface area contributed by atoms with Crippen LogP contribution in [0.5, 0.6) is 0 Å². The quantitative estimate of drug-likeness (QED) is 0.218. The number of carbonyl (C=O) groups excluding carboxylic acids is 1. The molecule has 0 aromatic rings. The molecule has 0 amide bonds. The maximum absolute atomic E-state index is 11.2. The third-order valence-electron chi connectivity index (χ3n) is 8.50. The van der Waals surface area contributed by atoms with Crippen LogP contribution in [0.15, 0.2) is 24.5 Å². The molecule has 0 aliphatic heterocycles. The van der Waals surface area contributed by atoms with Gasteiger partial charge in [-0.1, -0.05) is 51.3 Å². The van der Waals surface area contributed by atoms with Gasteiger partial charge in [0.2, 0.25) is 0 Å². The van der Waals surface area contributed by atoms with Gasteiger partial charge >= 0.3 is 0 Å². The average Bonchev–Trinajstić information content (AvgIpc) is 2.78. The second-order valence-electron chi connectivity index (χ2n) is 10.7. The van der Waals surface area contributed by atoms with Crippen LogP contribution in [0.1, 0.15) is 104 Å². The lowest BCUT2D eigenvalue weighted by atomic mass is 9.68. The third kappa shape index (κ3) is 7.27. The number of carbonyl (C=O) groups is 1. The fraction of sp³-hybridized carbons (Fsp3) is 0.821. The summed E-state index contributed by atoms with van der Waals surface area (Å²) in [4.78, 5) is 11.2. The molecule has 0 heterocycles. The second-order valence-corrected chi connectivity index (χ2v) is 10.7. The molecule has 0 saturated heterocycles. The third-order valence-corrected chi connectivity index (χ3v) is 8.50. The van der Waals surface area contributed by atoms with Gasteiger partial charge in [-0.15, -0.1) is 0 Å². The van der Waals surface area contributed by atoms with Crippen LogP contribution in [0.3, 0.4) is 0 Å². The summed E-state index contributed by atoms with van der Waals surface area (Å²) in [5.41, 5.74) is 0. The van der Waals surface area contributed by atoms with Gasteiger partial charge in [-0.3, -0.25) is 4.79 Å². The van der Waals surface area contributed by atoms with Crippen LogP contribution < -0.4 is 0 Å². The fourth-order valence-electron chi connectivity index (χ4n) is 6.35. The van der Waals surface area contributed by atoms with E-state index in [1.165, 1.54) is 96.8 Å². The Morgan fingerprint density at radius 1 is 0.800 bits per heavy atom. The van der Waals surface area contributed by atoms with E-state index < -0.39 is 0 Å². The summed E-state index contributed by atoms with van der Waals surface area (Å²) < 4.78 is 5.55. The molecule has 3 aliphatic rings. The van der Waals surface area contributed by atoms with Crippen molar-refractivity contribution in [2.75, 3.05) is 6.61 Å². The van der Waals surface area contributed by atoms with Crippen molar-refractivity contribution in [1.82, 2.24) is 0 Å². The first kappa shape index (κ1) is 23.6. The molecule has 30 heavy (non-hydrogen) atoms. The Morgan fingerprint density at radius 2 is 1.27 bits per heavy atom. The van der Waals surface area contributed by atoms with Crippen LogP contribution in [0.2, 0.25) is 0 Å². The highest BCUT2D eigenvalue weighted by molar-refractivity contribution is 5.90. The van der Waals surface area contributed by atoms with Gasteiger partial charge in [0.1, 0.15) is 0 Å².